The summed E-state index contributed by atoms with van der Waals surface area (Å²) in [6.45, 7) is 0. The van der Waals surface area contributed by atoms with Gasteiger partial charge < -0.3 is 0 Å². The predicted octanol–water partition coefficient (Wildman–Crippen LogP) is 12.4. The van der Waals surface area contributed by atoms with Crippen LogP contribution in [0.1, 0.15) is 11.4 Å². The monoisotopic (exact) mass is 717 g/mol. The molecule has 2 aromatic heterocycles. The fourth-order valence-electron chi connectivity index (χ4n) is 6.79. The van der Waals surface area contributed by atoms with Gasteiger partial charge >= 0.3 is 0 Å². The zero-order valence-electron chi connectivity index (χ0n) is 30.4. The Morgan fingerprint density at radius 3 is 1.38 bits per heavy atom. The van der Waals surface area contributed by atoms with Gasteiger partial charge in [0.1, 0.15) is 11.4 Å². The molecule has 0 saturated heterocycles. The number of pyridine rings is 1. The summed E-state index contributed by atoms with van der Waals surface area (Å²) in [6.07, 6.45) is 1.81. The molecule has 0 aliphatic heterocycles. The second kappa shape index (κ2) is 15.8. The summed E-state index contributed by atoms with van der Waals surface area (Å²) in [5, 5.41) is 0. The molecule has 0 fully saturated rings. The van der Waals surface area contributed by atoms with E-state index in [-0.39, 0.29) is 0 Å². The summed E-state index contributed by atoms with van der Waals surface area (Å²) in [4.78, 5) is 25.7. The van der Waals surface area contributed by atoms with Crippen LogP contribution >= 0.6 is 0 Å². The minimum Gasteiger partial charge on any atom is -0.253 e. The Bertz CT molecular complexity index is 2710. The second-order valence-corrected chi connectivity index (χ2v) is 13.4. The van der Waals surface area contributed by atoms with E-state index in [2.05, 4.69) is 103 Å². The maximum atomic E-state index is 5.29. The Morgan fingerprint density at radius 1 is 0.339 bits per heavy atom. The standard InChI is InChI=1S/C51H35N5/c1-6-17-36(18-7-1)41-27-16-28-46(34-41)53-48(40-25-14-5-15-26-40)51-55-49(54-50(56-51)47-35-42(29-30-52-47)37-19-8-2-9-20-37)45-32-43(38-21-10-3-11-22-38)31-44(33-45)39-23-12-4-13-24-39/h1-35H/b53-48+. The lowest BCUT2D eigenvalue weighted by atomic mass is 9.96. The second-order valence-electron chi connectivity index (χ2n) is 13.4. The molecule has 5 heteroatoms. The minimum absolute atomic E-state index is 0.444. The van der Waals surface area contributed by atoms with Gasteiger partial charge in [0.15, 0.2) is 17.5 Å². The summed E-state index contributed by atoms with van der Waals surface area (Å²) in [5.74, 6) is 1.42. The molecule has 2 heterocycles. The van der Waals surface area contributed by atoms with E-state index in [4.69, 9.17) is 24.9 Å². The molecule has 0 atom stereocenters. The summed E-state index contributed by atoms with van der Waals surface area (Å²) in [7, 11) is 0. The van der Waals surface area contributed by atoms with E-state index >= 15 is 0 Å². The highest BCUT2D eigenvalue weighted by Gasteiger charge is 2.19. The smallest absolute Gasteiger partial charge is 0.183 e. The third-order valence-electron chi connectivity index (χ3n) is 9.59. The zero-order chi connectivity index (χ0) is 37.5. The van der Waals surface area contributed by atoms with E-state index in [0.717, 1.165) is 61.3 Å². The van der Waals surface area contributed by atoms with Crippen molar-refractivity contribution in [1.29, 1.82) is 0 Å². The van der Waals surface area contributed by atoms with E-state index < -0.39 is 0 Å². The van der Waals surface area contributed by atoms with Crippen LogP contribution in [0.2, 0.25) is 0 Å². The van der Waals surface area contributed by atoms with Crippen LogP contribution in [0.5, 0.6) is 0 Å². The first-order valence-electron chi connectivity index (χ1n) is 18.6. The molecule has 0 N–H and O–H groups in total. The van der Waals surface area contributed by atoms with Gasteiger partial charge in [-0.05, 0) is 87.0 Å². The number of hydrogen-bond donors (Lipinski definition) is 0. The van der Waals surface area contributed by atoms with E-state index in [9.17, 15) is 0 Å². The van der Waals surface area contributed by atoms with Crippen LogP contribution in [-0.2, 0) is 0 Å². The van der Waals surface area contributed by atoms with Crippen LogP contribution in [0, 0.1) is 0 Å². The molecule has 7 aromatic carbocycles. The highest BCUT2D eigenvalue weighted by Crippen LogP contribution is 2.33. The molecule has 0 aliphatic carbocycles. The molecule has 9 aromatic rings. The van der Waals surface area contributed by atoms with Crippen molar-refractivity contribution in [1.82, 2.24) is 19.9 Å². The molecule has 9 rings (SSSR count). The molecule has 0 spiro atoms. The van der Waals surface area contributed by atoms with E-state index in [1.165, 1.54) is 0 Å². The summed E-state index contributed by atoms with van der Waals surface area (Å²) in [6, 6.07) is 70.3. The number of rotatable bonds is 9. The van der Waals surface area contributed by atoms with Crippen LogP contribution in [0.25, 0.3) is 67.4 Å². The van der Waals surface area contributed by atoms with E-state index in [1.807, 2.05) is 109 Å². The Balaban J connectivity index is 1.28. The number of hydrogen-bond acceptors (Lipinski definition) is 5. The summed E-state index contributed by atoms with van der Waals surface area (Å²) in [5.41, 5.74) is 12.4. The molecule has 0 bridgehead atoms. The SMILES string of the molecule is c1ccc(/C(=N\c2cccc(-c3ccccc3)c2)c2nc(-c3cc(-c4ccccc4)cc(-c4ccccc4)c3)nc(-c3cc(-c4ccccc4)ccn3)n2)cc1. The van der Waals surface area contributed by atoms with Gasteiger partial charge in [0.05, 0.1) is 5.69 Å². The summed E-state index contributed by atoms with van der Waals surface area (Å²) < 4.78 is 0. The minimum atomic E-state index is 0.444. The lowest BCUT2D eigenvalue weighted by molar-refractivity contribution is 1.03. The van der Waals surface area contributed by atoms with Gasteiger partial charge in [0.25, 0.3) is 0 Å². The highest BCUT2D eigenvalue weighted by molar-refractivity contribution is 6.12. The molecule has 0 unspecified atom stereocenters. The quantitative estimate of drug-likeness (QED) is 0.139. The van der Waals surface area contributed by atoms with E-state index in [0.29, 0.717) is 28.9 Å². The maximum Gasteiger partial charge on any atom is 0.183 e. The molecule has 5 nitrogen and oxygen atoms in total. The Hall–Kier alpha value is -7.63. The first-order chi connectivity index (χ1) is 27.7. The topological polar surface area (TPSA) is 63.9 Å². The Morgan fingerprint density at radius 2 is 0.804 bits per heavy atom. The normalized spacial score (nSPS) is 11.3. The number of nitrogens with zero attached hydrogens (tertiary/aromatic N) is 5. The third-order valence-corrected chi connectivity index (χ3v) is 9.59. The van der Waals surface area contributed by atoms with Crippen molar-refractivity contribution in [3.63, 3.8) is 0 Å². The average Bonchev–Trinajstić information content (AvgIpc) is 3.29. The van der Waals surface area contributed by atoms with Crippen molar-refractivity contribution in [3.8, 4) is 67.4 Å². The van der Waals surface area contributed by atoms with Crippen molar-refractivity contribution in [2.75, 3.05) is 0 Å². The average molecular weight is 718 g/mol. The van der Waals surface area contributed by atoms with Gasteiger partial charge in [-0.25, -0.2) is 19.9 Å². The molecule has 0 aliphatic rings. The molecule has 56 heavy (non-hydrogen) atoms. The van der Waals surface area contributed by atoms with Crippen LogP contribution in [-0.4, -0.2) is 25.6 Å². The molecule has 0 amide bonds. The van der Waals surface area contributed by atoms with Crippen molar-refractivity contribution >= 4 is 11.4 Å². The van der Waals surface area contributed by atoms with Crippen molar-refractivity contribution in [3.05, 3.63) is 224 Å². The van der Waals surface area contributed by atoms with Crippen LogP contribution in [0.15, 0.2) is 217 Å². The van der Waals surface area contributed by atoms with Gasteiger partial charge in [0, 0.05) is 17.3 Å². The van der Waals surface area contributed by atoms with Gasteiger partial charge in [-0.2, -0.15) is 0 Å². The van der Waals surface area contributed by atoms with Crippen LogP contribution in [0.4, 0.5) is 5.69 Å². The number of benzene rings is 7. The summed E-state index contributed by atoms with van der Waals surface area (Å²) >= 11 is 0. The fraction of sp³-hybridized carbons (Fsp3) is 0. The maximum absolute atomic E-state index is 5.29. The van der Waals surface area contributed by atoms with Crippen molar-refractivity contribution < 1.29 is 0 Å². The third kappa shape index (κ3) is 7.56. The molecule has 0 saturated carbocycles. The number of aliphatic imine (C=N–C) groups is 1. The van der Waals surface area contributed by atoms with Gasteiger partial charge in [-0.3, -0.25) is 4.98 Å². The first-order valence-corrected chi connectivity index (χ1v) is 18.6. The van der Waals surface area contributed by atoms with Crippen molar-refractivity contribution in [2.24, 2.45) is 4.99 Å². The molecule has 264 valence electrons. The first kappa shape index (κ1) is 34.2. The Kier molecular flexibility index (Phi) is 9.62. The molecular formula is C51H35N5. The lowest BCUT2D eigenvalue weighted by Gasteiger charge is -2.13. The zero-order valence-corrected chi connectivity index (χ0v) is 30.4. The van der Waals surface area contributed by atoms with Crippen molar-refractivity contribution in [2.45, 2.75) is 0 Å². The molecular weight excluding hydrogens is 683 g/mol. The van der Waals surface area contributed by atoms with Crippen LogP contribution in [0.3, 0.4) is 0 Å². The lowest BCUT2D eigenvalue weighted by Crippen LogP contribution is -2.12. The van der Waals surface area contributed by atoms with E-state index in [1.54, 1.807) is 0 Å². The fourth-order valence-corrected chi connectivity index (χ4v) is 6.79. The van der Waals surface area contributed by atoms with Gasteiger partial charge in [-0.1, -0.05) is 164 Å². The Labute approximate surface area is 326 Å². The van der Waals surface area contributed by atoms with Gasteiger partial charge in [0.2, 0.25) is 0 Å². The van der Waals surface area contributed by atoms with Gasteiger partial charge in [-0.15, -0.1) is 0 Å². The van der Waals surface area contributed by atoms with Crippen LogP contribution < -0.4 is 0 Å². The molecule has 0 radical (unpaired) electrons. The highest BCUT2D eigenvalue weighted by atomic mass is 15.1. The predicted molar refractivity (Wildman–Crippen MR) is 228 cm³/mol. The largest absolute Gasteiger partial charge is 0.253 e. The number of aromatic nitrogens is 4.